The number of non-ortho nitro benzene ring substituents is 1. The number of carbonyl (C=O) groups is 1. The molecule has 0 spiro atoms. The van der Waals surface area contributed by atoms with Crippen molar-refractivity contribution in [3.05, 3.63) is 33.3 Å². The van der Waals surface area contributed by atoms with Crippen LogP contribution < -0.4 is 10.1 Å². The van der Waals surface area contributed by atoms with Crippen LogP contribution in [0.4, 0.5) is 5.69 Å². The van der Waals surface area contributed by atoms with E-state index in [1.807, 2.05) is 20.8 Å². The smallest absolute Gasteiger partial charge is 0.273 e. The fraction of sp³-hybridized carbons (Fsp3) is 0.417. The Bertz CT molecular complexity index is 497. The Labute approximate surface area is 115 Å². The van der Waals surface area contributed by atoms with E-state index < -0.39 is 4.92 Å². The van der Waals surface area contributed by atoms with Crippen molar-refractivity contribution in [1.29, 1.82) is 0 Å². The Morgan fingerprint density at radius 2 is 2.11 bits per heavy atom. The summed E-state index contributed by atoms with van der Waals surface area (Å²) in [6, 6.07) is 3.81. The van der Waals surface area contributed by atoms with Crippen molar-refractivity contribution in [1.82, 2.24) is 5.32 Å². The molecule has 1 aromatic rings. The summed E-state index contributed by atoms with van der Waals surface area (Å²) in [5.41, 5.74) is -0.511. The molecular weight excluding hydrogens is 272 g/mol. The van der Waals surface area contributed by atoms with E-state index >= 15 is 0 Å². The first-order valence-electron chi connectivity index (χ1n) is 5.57. The third-order valence-corrected chi connectivity index (χ3v) is 2.31. The van der Waals surface area contributed by atoms with Gasteiger partial charge >= 0.3 is 0 Å². The number of hydrogen-bond donors (Lipinski definition) is 1. The summed E-state index contributed by atoms with van der Waals surface area (Å²) in [4.78, 5) is 21.6. The number of benzene rings is 1. The summed E-state index contributed by atoms with van der Waals surface area (Å²) in [5, 5.41) is 13.5. The number of ether oxygens (including phenoxy) is 1. The van der Waals surface area contributed by atoms with Gasteiger partial charge in [-0.15, -0.1) is 0 Å². The number of hydrogen-bond acceptors (Lipinski definition) is 4. The SMILES string of the molecule is CC(C)(C)NC(=O)COc1cc([N+](=O)[O-])ccc1Cl. The molecular formula is C12H15ClN2O4. The molecule has 0 aliphatic rings. The van der Waals surface area contributed by atoms with E-state index in [-0.39, 0.29) is 34.5 Å². The predicted molar refractivity (Wildman–Crippen MR) is 71.5 cm³/mol. The summed E-state index contributed by atoms with van der Waals surface area (Å²) in [7, 11) is 0. The third-order valence-electron chi connectivity index (χ3n) is 2.00. The summed E-state index contributed by atoms with van der Waals surface area (Å²) < 4.78 is 5.19. The largest absolute Gasteiger partial charge is 0.482 e. The fourth-order valence-corrected chi connectivity index (χ4v) is 1.49. The Hall–Kier alpha value is -1.82. The van der Waals surface area contributed by atoms with Crippen LogP contribution in [0.1, 0.15) is 20.8 Å². The molecule has 0 saturated heterocycles. The molecule has 0 aromatic heterocycles. The molecule has 0 saturated carbocycles. The number of halogens is 1. The lowest BCUT2D eigenvalue weighted by Crippen LogP contribution is -2.43. The molecule has 0 aliphatic carbocycles. The van der Waals surface area contributed by atoms with Gasteiger partial charge in [0.15, 0.2) is 6.61 Å². The van der Waals surface area contributed by atoms with E-state index in [1.54, 1.807) is 0 Å². The lowest BCUT2D eigenvalue weighted by Gasteiger charge is -2.20. The lowest BCUT2D eigenvalue weighted by molar-refractivity contribution is -0.384. The highest BCUT2D eigenvalue weighted by Gasteiger charge is 2.16. The van der Waals surface area contributed by atoms with Crippen LogP contribution in [0.2, 0.25) is 5.02 Å². The highest BCUT2D eigenvalue weighted by molar-refractivity contribution is 6.32. The average molecular weight is 287 g/mol. The van der Waals surface area contributed by atoms with Gasteiger partial charge in [-0.1, -0.05) is 11.6 Å². The standard InChI is InChI=1S/C12H15ClN2O4/c1-12(2,3)14-11(16)7-19-10-6-8(15(17)18)4-5-9(10)13/h4-6H,7H2,1-3H3,(H,14,16). The van der Waals surface area contributed by atoms with Crippen molar-refractivity contribution in [3.63, 3.8) is 0 Å². The summed E-state index contributed by atoms with van der Waals surface area (Å²) in [5.74, 6) is -0.213. The van der Waals surface area contributed by atoms with Gasteiger partial charge in [0.05, 0.1) is 16.0 Å². The molecule has 0 unspecified atom stereocenters. The van der Waals surface area contributed by atoms with Gasteiger partial charge in [0.2, 0.25) is 0 Å². The van der Waals surface area contributed by atoms with E-state index in [2.05, 4.69) is 5.32 Å². The first kappa shape index (κ1) is 15.2. The van der Waals surface area contributed by atoms with Gasteiger partial charge in [-0.3, -0.25) is 14.9 Å². The number of nitro groups is 1. The predicted octanol–water partition coefficient (Wildman–Crippen LogP) is 2.54. The molecule has 1 amide bonds. The number of amides is 1. The van der Waals surface area contributed by atoms with Crippen LogP contribution in [0.15, 0.2) is 18.2 Å². The maximum atomic E-state index is 11.5. The van der Waals surface area contributed by atoms with Gasteiger partial charge in [0, 0.05) is 11.6 Å². The minimum Gasteiger partial charge on any atom is -0.482 e. The van der Waals surface area contributed by atoms with Gasteiger partial charge < -0.3 is 10.1 Å². The maximum absolute atomic E-state index is 11.5. The second-order valence-electron chi connectivity index (χ2n) is 4.96. The lowest BCUT2D eigenvalue weighted by atomic mass is 10.1. The van der Waals surface area contributed by atoms with E-state index in [9.17, 15) is 14.9 Å². The van der Waals surface area contributed by atoms with Gasteiger partial charge in [0.1, 0.15) is 5.75 Å². The van der Waals surface area contributed by atoms with E-state index in [4.69, 9.17) is 16.3 Å². The summed E-state index contributed by atoms with van der Waals surface area (Å²) >= 11 is 5.84. The molecule has 7 heteroatoms. The van der Waals surface area contributed by atoms with Crippen LogP contribution in [-0.2, 0) is 4.79 Å². The van der Waals surface area contributed by atoms with Crippen molar-refractivity contribution in [3.8, 4) is 5.75 Å². The molecule has 0 aliphatic heterocycles. The second-order valence-corrected chi connectivity index (χ2v) is 5.37. The van der Waals surface area contributed by atoms with Crippen molar-refractivity contribution in [2.45, 2.75) is 26.3 Å². The van der Waals surface area contributed by atoms with E-state index in [0.717, 1.165) is 0 Å². The monoisotopic (exact) mass is 286 g/mol. The summed E-state index contributed by atoms with van der Waals surface area (Å²) in [6.07, 6.45) is 0. The van der Waals surface area contributed by atoms with Gasteiger partial charge in [0.25, 0.3) is 11.6 Å². The zero-order valence-corrected chi connectivity index (χ0v) is 11.7. The molecule has 19 heavy (non-hydrogen) atoms. The number of carbonyl (C=O) groups excluding carboxylic acids is 1. The zero-order valence-electron chi connectivity index (χ0n) is 10.9. The molecule has 1 N–H and O–H groups in total. The average Bonchev–Trinajstić information content (AvgIpc) is 2.25. The molecule has 104 valence electrons. The minimum absolute atomic E-state index is 0.111. The number of nitro benzene ring substituents is 1. The number of nitrogens with one attached hydrogen (secondary N) is 1. The van der Waals surface area contributed by atoms with Crippen LogP contribution in [0.5, 0.6) is 5.75 Å². The van der Waals surface area contributed by atoms with Crippen LogP contribution in [0, 0.1) is 10.1 Å². The molecule has 0 fully saturated rings. The number of nitrogens with zero attached hydrogens (tertiary/aromatic N) is 1. The van der Waals surface area contributed by atoms with Crippen molar-refractivity contribution in [2.24, 2.45) is 0 Å². The highest BCUT2D eigenvalue weighted by Crippen LogP contribution is 2.28. The van der Waals surface area contributed by atoms with Gasteiger partial charge in [-0.05, 0) is 26.8 Å². The van der Waals surface area contributed by atoms with E-state index in [1.165, 1.54) is 18.2 Å². The topological polar surface area (TPSA) is 81.5 Å². The van der Waals surface area contributed by atoms with E-state index in [0.29, 0.717) is 0 Å². The minimum atomic E-state index is -0.557. The van der Waals surface area contributed by atoms with Crippen molar-refractivity contribution >= 4 is 23.2 Å². The quantitative estimate of drug-likeness (QED) is 0.681. The van der Waals surface area contributed by atoms with Crippen LogP contribution in [0.25, 0.3) is 0 Å². The Balaban J connectivity index is 2.70. The molecule has 6 nitrogen and oxygen atoms in total. The molecule has 0 heterocycles. The molecule has 0 radical (unpaired) electrons. The first-order valence-corrected chi connectivity index (χ1v) is 5.94. The maximum Gasteiger partial charge on any atom is 0.273 e. The molecule has 1 aromatic carbocycles. The van der Waals surface area contributed by atoms with Crippen molar-refractivity contribution in [2.75, 3.05) is 6.61 Å². The Morgan fingerprint density at radius 3 is 2.63 bits per heavy atom. The zero-order chi connectivity index (χ0) is 14.6. The van der Waals surface area contributed by atoms with Crippen LogP contribution in [-0.4, -0.2) is 23.0 Å². The van der Waals surface area contributed by atoms with Gasteiger partial charge in [-0.25, -0.2) is 0 Å². The Morgan fingerprint density at radius 1 is 1.47 bits per heavy atom. The molecule has 0 atom stereocenters. The number of rotatable bonds is 4. The van der Waals surface area contributed by atoms with Gasteiger partial charge in [-0.2, -0.15) is 0 Å². The second kappa shape index (κ2) is 5.88. The van der Waals surface area contributed by atoms with Crippen molar-refractivity contribution < 1.29 is 14.5 Å². The van der Waals surface area contributed by atoms with Crippen LogP contribution >= 0.6 is 11.6 Å². The molecule has 1 rings (SSSR count). The third kappa shape index (κ3) is 5.13. The molecule has 0 bridgehead atoms. The van der Waals surface area contributed by atoms with Crippen LogP contribution in [0.3, 0.4) is 0 Å². The fourth-order valence-electron chi connectivity index (χ4n) is 1.31. The first-order chi connectivity index (χ1) is 8.69. The highest BCUT2D eigenvalue weighted by atomic mass is 35.5. The summed E-state index contributed by atoms with van der Waals surface area (Å²) in [6.45, 7) is 5.26. The Kier molecular flexibility index (Phi) is 4.72. The normalized spacial score (nSPS) is 10.9.